The van der Waals surface area contributed by atoms with Gasteiger partial charge in [0.1, 0.15) is 4.47 Å². The van der Waals surface area contributed by atoms with E-state index < -0.39 is 0 Å². The molecular formula is C8H11BrN2O. The third-order valence-corrected chi connectivity index (χ3v) is 2.43. The molecule has 0 aromatic carbocycles. The molecule has 66 valence electrons. The first-order valence-electron chi connectivity index (χ1n) is 3.88. The maximum absolute atomic E-state index is 11.4. The monoisotopic (exact) mass is 230 g/mol. The van der Waals surface area contributed by atoms with E-state index in [4.69, 9.17) is 0 Å². The minimum atomic E-state index is -0.0145. The summed E-state index contributed by atoms with van der Waals surface area (Å²) in [4.78, 5) is 15.4. The van der Waals surface area contributed by atoms with Crippen molar-refractivity contribution in [3.05, 3.63) is 27.4 Å². The van der Waals surface area contributed by atoms with Crippen molar-refractivity contribution < 1.29 is 0 Å². The molecule has 0 aliphatic carbocycles. The zero-order valence-electron chi connectivity index (χ0n) is 7.12. The van der Waals surface area contributed by atoms with Crippen LogP contribution in [0.15, 0.2) is 21.8 Å². The molecule has 1 heterocycles. The Labute approximate surface area is 79.6 Å². The number of hydrogen-bond donors (Lipinski definition) is 0. The first-order valence-corrected chi connectivity index (χ1v) is 4.67. The van der Waals surface area contributed by atoms with Crippen molar-refractivity contribution in [2.75, 3.05) is 0 Å². The molecule has 0 bridgehead atoms. The SMILES string of the molecule is CC[C@H](C)n1cncc(Br)c1=O. The Kier molecular flexibility index (Phi) is 3.03. The Bertz CT molecular complexity index is 321. The Balaban J connectivity index is 3.17. The van der Waals surface area contributed by atoms with Gasteiger partial charge in [-0.05, 0) is 29.3 Å². The molecule has 1 aromatic heterocycles. The Hall–Kier alpha value is -0.640. The van der Waals surface area contributed by atoms with Crippen LogP contribution < -0.4 is 5.56 Å². The first-order chi connectivity index (χ1) is 5.66. The zero-order valence-corrected chi connectivity index (χ0v) is 8.71. The molecule has 3 nitrogen and oxygen atoms in total. The van der Waals surface area contributed by atoms with Gasteiger partial charge < -0.3 is 0 Å². The van der Waals surface area contributed by atoms with E-state index in [9.17, 15) is 4.79 Å². The molecule has 12 heavy (non-hydrogen) atoms. The lowest BCUT2D eigenvalue weighted by Gasteiger charge is -2.11. The Morgan fingerprint density at radius 2 is 2.42 bits per heavy atom. The van der Waals surface area contributed by atoms with E-state index in [1.54, 1.807) is 10.9 Å². The highest BCUT2D eigenvalue weighted by Crippen LogP contribution is 2.07. The fraction of sp³-hybridized carbons (Fsp3) is 0.500. The summed E-state index contributed by atoms with van der Waals surface area (Å²) in [5.74, 6) is 0. The second-order valence-corrected chi connectivity index (χ2v) is 3.57. The smallest absolute Gasteiger partial charge is 0.267 e. The van der Waals surface area contributed by atoms with E-state index in [-0.39, 0.29) is 11.6 Å². The van der Waals surface area contributed by atoms with Crippen LogP contribution in [-0.2, 0) is 0 Å². The lowest BCUT2D eigenvalue weighted by molar-refractivity contribution is 0.504. The van der Waals surface area contributed by atoms with E-state index >= 15 is 0 Å². The molecule has 0 amide bonds. The molecule has 0 fully saturated rings. The van der Waals surface area contributed by atoms with Crippen LogP contribution in [0.2, 0.25) is 0 Å². The normalized spacial score (nSPS) is 12.9. The largest absolute Gasteiger partial charge is 0.295 e. The molecule has 0 aliphatic heterocycles. The Morgan fingerprint density at radius 3 is 3.00 bits per heavy atom. The second-order valence-electron chi connectivity index (χ2n) is 2.71. The average Bonchev–Trinajstić information content (AvgIpc) is 2.08. The molecular weight excluding hydrogens is 220 g/mol. The Morgan fingerprint density at radius 1 is 1.75 bits per heavy atom. The number of halogens is 1. The topological polar surface area (TPSA) is 34.9 Å². The van der Waals surface area contributed by atoms with Crippen LogP contribution in [0.5, 0.6) is 0 Å². The van der Waals surface area contributed by atoms with E-state index in [0.717, 1.165) is 6.42 Å². The molecule has 1 rings (SSSR count). The molecule has 0 spiro atoms. The highest BCUT2D eigenvalue weighted by molar-refractivity contribution is 9.10. The van der Waals surface area contributed by atoms with Crippen molar-refractivity contribution in [3.63, 3.8) is 0 Å². The number of rotatable bonds is 2. The van der Waals surface area contributed by atoms with Crippen LogP contribution in [0.4, 0.5) is 0 Å². The summed E-state index contributed by atoms with van der Waals surface area (Å²) in [6.07, 6.45) is 4.01. The van der Waals surface area contributed by atoms with Gasteiger partial charge in [0.05, 0.1) is 6.33 Å². The third-order valence-electron chi connectivity index (χ3n) is 1.88. The van der Waals surface area contributed by atoms with Crippen LogP contribution in [0.3, 0.4) is 0 Å². The minimum absolute atomic E-state index is 0.0145. The van der Waals surface area contributed by atoms with Gasteiger partial charge in [-0.15, -0.1) is 0 Å². The molecule has 0 saturated carbocycles. The highest BCUT2D eigenvalue weighted by atomic mass is 79.9. The summed E-state index contributed by atoms with van der Waals surface area (Å²) in [6, 6.07) is 0.211. The van der Waals surface area contributed by atoms with Crippen molar-refractivity contribution >= 4 is 15.9 Å². The van der Waals surface area contributed by atoms with Gasteiger partial charge >= 0.3 is 0 Å². The van der Waals surface area contributed by atoms with Gasteiger partial charge in [-0.2, -0.15) is 0 Å². The molecule has 0 saturated heterocycles. The lowest BCUT2D eigenvalue weighted by Crippen LogP contribution is -2.23. The number of aromatic nitrogens is 2. The second kappa shape index (κ2) is 3.85. The average molecular weight is 231 g/mol. The van der Waals surface area contributed by atoms with Crippen molar-refractivity contribution in [2.45, 2.75) is 26.3 Å². The van der Waals surface area contributed by atoms with E-state index in [1.165, 1.54) is 6.20 Å². The highest BCUT2D eigenvalue weighted by Gasteiger charge is 2.05. The van der Waals surface area contributed by atoms with E-state index in [0.29, 0.717) is 4.47 Å². The molecule has 1 atom stereocenters. The van der Waals surface area contributed by atoms with E-state index in [2.05, 4.69) is 20.9 Å². The summed E-state index contributed by atoms with van der Waals surface area (Å²) < 4.78 is 2.15. The van der Waals surface area contributed by atoms with Crippen molar-refractivity contribution in [2.24, 2.45) is 0 Å². The van der Waals surface area contributed by atoms with Gasteiger partial charge in [0.2, 0.25) is 0 Å². The molecule has 0 radical (unpaired) electrons. The summed E-state index contributed by atoms with van der Waals surface area (Å²) in [7, 11) is 0. The van der Waals surface area contributed by atoms with Crippen molar-refractivity contribution in [1.29, 1.82) is 0 Å². The quantitative estimate of drug-likeness (QED) is 0.779. The summed E-state index contributed by atoms with van der Waals surface area (Å²) in [6.45, 7) is 4.04. The van der Waals surface area contributed by atoms with Gasteiger partial charge in [0, 0.05) is 12.2 Å². The van der Waals surface area contributed by atoms with Crippen LogP contribution >= 0.6 is 15.9 Å². The van der Waals surface area contributed by atoms with Gasteiger partial charge in [-0.3, -0.25) is 9.36 Å². The third kappa shape index (κ3) is 1.75. The zero-order chi connectivity index (χ0) is 9.14. The van der Waals surface area contributed by atoms with Crippen molar-refractivity contribution in [3.8, 4) is 0 Å². The number of nitrogens with zero attached hydrogens (tertiary/aromatic N) is 2. The van der Waals surface area contributed by atoms with Gasteiger partial charge in [0.25, 0.3) is 5.56 Å². The van der Waals surface area contributed by atoms with Crippen LogP contribution in [0, 0.1) is 0 Å². The summed E-state index contributed by atoms with van der Waals surface area (Å²) in [5.41, 5.74) is -0.0145. The van der Waals surface area contributed by atoms with Crippen molar-refractivity contribution in [1.82, 2.24) is 9.55 Å². The fourth-order valence-corrected chi connectivity index (χ4v) is 1.24. The van der Waals surface area contributed by atoms with Gasteiger partial charge in [-0.1, -0.05) is 6.92 Å². The minimum Gasteiger partial charge on any atom is -0.295 e. The predicted molar refractivity (Wildman–Crippen MR) is 51.2 cm³/mol. The fourth-order valence-electron chi connectivity index (χ4n) is 0.912. The van der Waals surface area contributed by atoms with Crippen LogP contribution in [0.25, 0.3) is 0 Å². The van der Waals surface area contributed by atoms with Gasteiger partial charge in [0.15, 0.2) is 0 Å². The summed E-state index contributed by atoms with van der Waals surface area (Å²) >= 11 is 3.15. The molecule has 0 unspecified atom stereocenters. The molecule has 1 aromatic rings. The standard InChI is InChI=1S/C8H11BrN2O/c1-3-6(2)11-5-10-4-7(9)8(11)12/h4-6H,3H2,1-2H3/t6-/m0/s1. The lowest BCUT2D eigenvalue weighted by atomic mass is 10.2. The van der Waals surface area contributed by atoms with E-state index in [1.807, 2.05) is 13.8 Å². The van der Waals surface area contributed by atoms with Crippen LogP contribution in [-0.4, -0.2) is 9.55 Å². The summed E-state index contributed by atoms with van der Waals surface area (Å²) in [5, 5.41) is 0. The predicted octanol–water partition coefficient (Wildman–Crippen LogP) is 1.98. The maximum Gasteiger partial charge on any atom is 0.267 e. The number of hydrogen-bond acceptors (Lipinski definition) is 2. The molecule has 0 aliphatic rings. The molecule has 4 heteroatoms. The molecule has 0 N–H and O–H groups in total. The van der Waals surface area contributed by atoms with Crippen LogP contribution in [0.1, 0.15) is 26.3 Å². The van der Waals surface area contributed by atoms with Gasteiger partial charge in [-0.25, -0.2) is 4.98 Å². The first kappa shape index (κ1) is 9.45. The maximum atomic E-state index is 11.4.